The van der Waals surface area contributed by atoms with Crippen molar-refractivity contribution in [2.75, 3.05) is 0 Å². The Morgan fingerprint density at radius 1 is 0.850 bits per heavy atom. The lowest BCUT2D eigenvalue weighted by molar-refractivity contribution is 1.27. The monoisotopic (exact) mass is 546 g/mol. The zero-order valence-electron chi connectivity index (χ0n) is 10.3. The molecule has 0 bridgehead atoms. The summed E-state index contributed by atoms with van der Waals surface area (Å²) in [5, 5.41) is -0.456. The minimum Gasteiger partial charge on any atom is -0.146 e. The molecule has 0 heterocycles. The molecule has 0 saturated carbocycles. The highest BCUT2D eigenvalue weighted by molar-refractivity contribution is 7.71. The largest absolute Gasteiger partial charge is 0.344 e. The first-order valence-corrected chi connectivity index (χ1v) is 24.5. The summed E-state index contributed by atoms with van der Waals surface area (Å²) in [6.45, 7) is 2.33. The van der Waals surface area contributed by atoms with Gasteiger partial charge in [-0.25, -0.2) is 0 Å². The first-order chi connectivity index (χ1) is 8.40. The van der Waals surface area contributed by atoms with Crippen LogP contribution in [-0.4, -0.2) is 25.4 Å². The SMILES string of the molecule is C=C[Si](C)(Cl)Cl.C[Si](Cl)(Cl)C(C[Si](Cl)(Cl)Cl)[Si](Cl)(Cl)Cl. The van der Waals surface area contributed by atoms with Crippen LogP contribution in [0.15, 0.2) is 12.3 Å². The fourth-order valence-electron chi connectivity index (χ4n) is 0.814. The standard InChI is InChI=1S/C3H6Cl8Si3.C3H6Cl2Si/c1-12(4,5)3(14(9,10)11)2-13(6,7)8;1-3-6(2,4)5/h3H,2H2,1H3;3H,1H2,2H3. The van der Waals surface area contributed by atoms with E-state index in [4.69, 9.17) is 111 Å². The van der Waals surface area contributed by atoms with E-state index in [1.165, 1.54) is 0 Å². The average molecular weight is 551 g/mol. The molecule has 122 valence electrons. The second-order valence-corrected chi connectivity index (χ2v) is 38.2. The molecule has 0 spiro atoms. The zero-order chi connectivity index (χ0) is 17.0. The summed E-state index contributed by atoms with van der Waals surface area (Å²) in [6, 6.07) is -5.71. The van der Waals surface area contributed by atoms with Gasteiger partial charge in [0.25, 0.3) is 13.4 Å². The average Bonchev–Trinajstić information content (AvgIpc) is 2.09. The van der Waals surface area contributed by atoms with Crippen molar-refractivity contribution in [1.82, 2.24) is 0 Å². The van der Waals surface area contributed by atoms with Crippen LogP contribution in [0.25, 0.3) is 0 Å². The van der Waals surface area contributed by atoms with Gasteiger partial charge in [-0.15, -0.1) is 117 Å². The summed E-state index contributed by atoms with van der Waals surface area (Å²) in [4.78, 5) is 0. The van der Waals surface area contributed by atoms with Gasteiger partial charge in [0, 0.05) is 5.16 Å². The van der Waals surface area contributed by atoms with Gasteiger partial charge in [0.1, 0.15) is 0 Å². The predicted molar refractivity (Wildman–Crippen MR) is 112 cm³/mol. The number of halogens is 10. The van der Waals surface area contributed by atoms with E-state index < -0.39 is 30.6 Å². The second-order valence-electron chi connectivity index (χ2n) is 4.03. The maximum atomic E-state index is 6.02. The summed E-state index contributed by atoms with van der Waals surface area (Å²) < 4.78 is 0. The van der Waals surface area contributed by atoms with Crippen LogP contribution >= 0.6 is 111 Å². The Kier molecular flexibility index (Phi) is 12.7. The summed E-state index contributed by atoms with van der Waals surface area (Å²) in [6.07, 6.45) is 0. The molecule has 0 aliphatic carbocycles. The molecule has 0 N–H and O–H groups in total. The Labute approximate surface area is 170 Å². The molecule has 0 radical (unpaired) electrons. The van der Waals surface area contributed by atoms with E-state index in [2.05, 4.69) is 6.58 Å². The third kappa shape index (κ3) is 16.4. The lowest BCUT2D eigenvalue weighted by Gasteiger charge is -2.30. The normalized spacial score (nSPS) is 15.2. The molecule has 0 fully saturated rings. The van der Waals surface area contributed by atoms with E-state index in [0.29, 0.717) is 0 Å². The van der Waals surface area contributed by atoms with Crippen LogP contribution in [0, 0.1) is 0 Å². The van der Waals surface area contributed by atoms with Crippen LogP contribution in [0.3, 0.4) is 0 Å². The van der Waals surface area contributed by atoms with E-state index >= 15 is 0 Å². The molecule has 1 unspecified atom stereocenters. The van der Waals surface area contributed by atoms with Gasteiger partial charge in [0.15, 0.2) is 0 Å². The van der Waals surface area contributed by atoms with Crippen molar-refractivity contribution >= 4 is 136 Å². The maximum absolute atomic E-state index is 6.02. The van der Waals surface area contributed by atoms with Crippen LogP contribution in [0.4, 0.5) is 0 Å². The molecule has 1 atom stereocenters. The second kappa shape index (κ2) is 9.85. The third-order valence-electron chi connectivity index (χ3n) is 1.80. The van der Waals surface area contributed by atoms with Crippen LogP contribution in [0.5, 0.6) is 0 Å². The van der Waals surface area contributed by atoms with E-state index in [-0.39, 0.29) is 6.04 Å². The van der Waals surface area contributed by atoms with E-state index in [1.54, 1.807) is 18.8 Å². The molecule has 0 rings (SSSR count). The van der Waals surface area contributed by atoms with Gasteiger partial charge in [-0.3, -0.25) is 0 Å². The maximum Gasteiger partial charge on any atom is 0.344 e. The van der Waals surface area contributed by atoms with Gasteiger partial charge in [-0.05, 0) is 19.1 Å². The number of hydrogen-bond donors (Lipinski definition) is 0. The van der Waals surface area contributed by atoms with Gasteiger partial charge in [-0.1, -0.05) is 5.70 Å². The zero-order valence-corrected chi connectivity index (χ0v) is 21.9. The van der Waals surface area contributed by atoms with Gasteiger partial charge < -0.3 is 0 Å². The van der Waals surface area contributed by atoms with Crippen molar-refractivity contribution in [2.45, 2.75) is 24.3 Å². The third-order valence-corrected chi connectivity index (χ3v) is 18.7. The van der Waals surface area contributed by atoms with Crippen molar-refractivity contribution in [3.63, 3.8) is 0 Å². The molecular weight excluding hydrogens is 539 g/mol. The highest BCUT2D eigenvalue weighted by Crippen LogP contribution is 2.50. The molecule has 0 aliphatic rings. The Morgan fingerprint density at radius 3 is 1.20 bits per heavy atom. The minimum absolute atomic E-state index is 0.204. The Bertz CT molecular complexity index is 283. The molecule has 0 aromatic heterocycles. The number of hydrogen-bond acceptors (Lipinski definition) is 0. The van der Waals surface area contributed by atoms with Crippen molar-refractivity contribution in [3.8, 4) is 0 Å². The Hall–Kier alpha value is 3.51. The Balaban J connectivity index is 0. The van der Waals surface area contributed by atoms with Gasteiger partial charge >= 0.3 is 12.0 Å². The molecule has 0 aromatic rings. The minimum atomic E-state index is -3.04. The topological polar surface area (TPSA) is 0 Å². The van der Waals surface area contributed by atoms with Gasteiger partial charge in [-0.2, -0.15) is 0 Å². The van der Waals surface area contributed by atoms with E-state index in [1.807, 2.05) is 0 Å². The molecule has 0 nitrogen and oxygen atoms in total. The van der Waals surface area contributed by atoms with E-state index in [0.717, 1.165) is 0 Å². The van der Waals surface area contributed by atoms with Crippen molar-refractivity contribution in [3.05, 3.63) is 12.3 Å². The molecule has 0 saturated heterocycles. The van der Waals surface area contributed by atoms with Crippen molar-refractivity contribution < 1.29 is 0 Å². The first kappa shape index (κ1) is 25.7. The number of rotatable bonds is 5. The molecule has 20 heavy (non-hydrogen) atoms. The van der Waals surface area contributed by atoms with Crippen LogP contribution in [0.1, 0.15) is 0 Å². The summed E-state index contributed by atoms with van der Waals surface area (Å²) >= 11 is 57.9. The quantitative estimate of drug-likeness (QED) is 0.240. The van der Waals surface area contributed by atoms with Gasteiger partial charge in [0.05, 0.1) is 0 Å². The summed E-state index contributed by atoms with van der Waals surface area (Å²) in [5.74, 6) is 0. The highest BCUT2D eigenvalue weighted by Gasteiger charge is 2.52. The summed E-state index contributed by atoms with van der Waals surface area (Å²) in [7, 11) is 0. The first-order valence-electron chi connectivity index (χ1n) is 4.93. The van der Waals surface area contributed by atoms with E-state index in [9.17, 15) is 0 Å². The fourth-order valence-corrected chi connectivity index (χ4v) is 26.8. The Morgan fingerprint density at radius 2 is 1.15 bits per heavy atom. The summed E-state index contributed by atoms with van der Waals surface area (Å²) in [5.41, 5.74) is 1.61. The lowest BCUT2D eigenvalue weighted by Crippen LogP contribution is -2.39. The predicted octanol–water partition coefficient (Wildman–Crippen LogP) is 8.02. The van der Waals surface area contributed by atoms with Gasteiger partial charge in [0.2, 0.25) is 0 Å². The van der Waals surface area contributed by atoms with Crippen LogP contribution in [-0.2, 0) is 0 Å². The smallest absolute Gasteiger partial charge is 0.146 e. The molecule has 14 heteroatoms. The van der Waals surface area contributed by atoms with Crippen molar-refractivity contribution in [1.29, 1.82) is 0 Å². The van der Waals surface area contributed by atoms with Crippen LogP contribution in [0.2, 0.25) is 24.3 Å². The molecule has 0 aromatic carbocycles. The molecular formula is C6H12Cl10Si4. The fraction of sp³-hybridized carbons (Fsp3) is 0.667. The van der Waals surface area contributed by atoms with Crippen LogP contribution < -0.4 is 0 Å². The van der Waals surface area contributed by atoms with Crippen molar-refractivity contribution in [2.24, 2.45) is 0 Å². The molecule has 0 amide bonds. The molecule has 0 aliphatic heterocycles. The highest BCUT2D eigenvalue weighted by atomic mass is 35.8. The lowest BCUT2D eigenvalue weighted by atomic mass is 10.9.